The molecule has 1 rings (SSSR count). The van der Waals surface area contributed by atoms with E-state index in [0.717, 1.165) is 0 Å². The second kappa shape index (κ2) is 4.75. The van der Waals surface area contributed by atoms with Crippen LogP contribution in [0.5, 0.6) is 5.75 Å². The van der Waals surface area contributed by atoms with Gasteiger partial charge in [0, 0.05) is 11.8 Å². The minimum absolute atomic E-state index is 0.0500. The molecule has 1 aromatic heterocycles. The van der Waals surface area contributed by atoms with Gasteiger partial charge in [0.2, 0.25) is 0 Å². The fourth-order valence-corrected chi connectivity index (χ4v) is 1.32. The summed E-state index contributed by atoms with van der Waals surface area (Å²) in [4.78, 5) is 15.0. The van der Waals surface area contributed by atoms with E-state index < -0.39 is 5.97 Å². The predicted octanol–water partition coefficient (Wildman–Crippen LogP) is 0.768. The van der Waals surface area contributed by atoms with E-state index in [9.17, 15) is 4.79 Å². The standard InChI is InChI=1S/C10H13NO4/c1-6-5-8(15-4-3-12)9(10(13)14)7(2)11-6/h5,12H,3-4H2,1-2H3,(H,13,14). The fourth-order valence-electron chi connectivity index (χ4n) is 1.32. The number of aliphatic hydroxyl groups excluding tert-OH is 1. The summed E-state index contributed by atoms with van der Waals surface area (Å²) >= 11 is 0. The zero-order valence-corrected chi connectivity index (χ0v) is 8.65. The van der Waals surface area contributed by atoms with E-state index in [-0.39, 0.29) is 24.5 Å². The van der Waals surface area contributed by atoms with Crippen molar-refractivity contribution >= 4 is 5.97 Å². The summed E-state index contributed by atoms with van der Waals surface area (Å²) in [6, 6.07) is 1.55. The number of carboxylic acids is 1. The molecule has 0 spiro atoms. The van der Waals surface area contributed by atoms with E-state index in [0.29, 0.717) is 11.4 Å². The Hall–Kier alpha value is -1.62. The van der Waals surface area contributed by atoms with Crippen LogP contribution in [0.2, 0.25) is 0 Å². The molecule has 5 heteroatoms. The predicted molar refractivity (Wildman–Crippen MR) is 53.3 cm³/mol. The highest BCUT2D eigenvalue weighted by Gasteiger charge is 2.16. The number of pyridine rings is 1. The molecule has 0 fully saturated rings. The highest BCUT2D eigenvalue weighted by atomic mass is 16.5. The SMILES string of the molecule is Cc1cc(OCCO)c(C(=O)O)c(C)n1. The monoisotopic (exact) mass is 211 g/mol. The molecule has 0 atom stereocenters. The van der Waals surface area contributed by atoms with Crippen molar-refractivity contribution in [2.45, 2.75) is 13.8 Å². The quantitative estimate of drug-likeness (QED) is 0.768. The number of hydrogen-bond donors (Lipinski definition) is 2. The summed E-state index contributed by atoms with van der Waals surface area (Å²) in [6.07, 6.45) is 0. The molecule has 0 amide bonds. The van der Waals surface area contributed by atoms with E-state index >= 15 is 0 Å². The largest absolute Gasteiger partial charge is 0.490 e. The first-order chi connectivity index (χ1) is 7.06. The zero-order chi connectivity index (χ0) is 11.4. The summed E-state index contributed by atoms with van der Waals surface area (Å²) in [5.41, 5.74) is 1.15. The van der Waals surface area contributed by atoms with Crippen molar-refractivity contribution in [2.24, 2.45) is 0 Å². The minimum Gasteiger partial charge on any atom is -0.490 e. The van der Waals surface area contributed by atoms with Gasteiger partial charge in [-0.25, -0.2) is 4.79 Å². The lowest BCUT2D eigenvalue weighted by Gasteiger charge is -2.10. The molecule has 82 valence electrons. The molecule has 0 saturated heterocycles. The first kappa shape index (κ1) is 11.5. The Morgan fingerprint density at radius 1 is 1.53 bits per heavy atom. The van der Waals surface area contributed by atoms with Gasteiger partial charge in [-0.05, 0) is 13.8 Å². The van der Waals surface area contributed by atoms with Crippen LogP contribution in [0.4, 0.5) is 0 Å². The molecule has 0 unspecified atom stereocenters. The average Bonchev–Trinajstić information content (AvgIpc) is 2.12. The molecule has 5 nitrogen and oxygen atoms in total. The van der Waals surface area contributed by atoms with Gasteiger partial charge >= 0.3 is 5.97 Å². The Balaban J connectivity index is 3.14. The van der Waals surface area contributed by atoms with E-state index in [1.54, 1.807) is 19.9 Å². The molecular formula is C10H13NO4. The molecule has 2 N–H and O–H groups in total. The topological polar surface area (TPSA) is 79.7 Å². The van der Waals surface area contributed by atoms with Gasteiger partial charge < -0.3 is 14.9 Å². The summed E-state index contributed by atoms with van der Waals surface area (Å²) < 4.78 is 5.14. The number of rotatable bonds is 4. The Kier molecular flexibility index (Phi) is 3.62. The van der Waals surface area contributed by atoms with Crippen LogP contribution in [-0.2, 0) is 0 Å². The number of hydrogen-bond acceptors (Lipinski definition) is 4. The number of nitrogens with zero attached hydrogens (tertiary/aromatic N) is 1. The van der Waals surface area contributed by atoms with Crippen molar-refractivity contribution in [1.82, 2.24) is 4.98 Å². The maximum Gasteiger partial charge on any atom is 0.341 e. The summed E-state index contributed by atoms with van der Waals surface area (Å²) in [5.74, 6) is -0.825. The van der Waals surface area contributed by atoms with Crippen LogP contribution >= 0.6 is 0 Å². The highest BCUT2D eigenvalue weighted by molar-refractivity contribution is 5.92. The lowest BCUT2D eigenvalue weighted by molar-refractivity contribution is 0.0689. The van der Waals surface area contributed by atoms with E-state index in [1.807, 2.05) is 0 Å². The summed E-state index contributed by atoms with van der Waals surface area (Å²) in [6.45, 7) is 3.29. The Labute approximate surface area is 87.3 Å². The summed E-state index contributed by atoms with van der Waals surface area (Å²) in [7, 11) is 0. The van der Waals surface area contributed by atoms with Crippen LogP contribution in [-0.4, -0.2) is 34.4 Å². The number of carbonyl (C=O) groups is 1. The minimum atomic E-state index is -1.08. The smallest absolute Gasteiger partial charge is 0.341 e. The van der Waals surface area contributed by atoms with Crippen molar-refractivity contribution in [3.8, 4) is 5.75 Å². The van der Waals surface area contributed by atoms with Crippen LogP contribution in [0.15, 0.2) is 6.07 Å². The van der Waals surface area contributed by atoms with Crippen LogP contribution in [0.1, 0.15) is 21.7 Å². The molecule has 0 bridgehead atoms. The molecule has 0 saturated carbocycles. The highest BCUT2D eigenvalue weighted by Crippen LogP contribution is 2.22. The van der Waals surface area contributed by atoms with Gasteiger partial charge in [0.25, 0.3) is 0 Å². The van der Waals surface area contributed by atoms with E-state index in [4.69, 9.17) is 14.9 Å². The van der Waals surface area contributed by atoms with Crippen molar-refractivity contribution in [1.29, 1.82) is 0 Å². The number of carboxylic acid groups (broad SMARTS) is 1. The van der Waals surface area contributed by atoms with Crippen molar-refractivity contribution in [3.05, 3.63) is 23.0 Å². The number of aryl methyl sites for hydroxylation is 2. The second-order valence-corrected chi connectivity index (χ2v) is 3.10. The van der Waals surface area contributed by atoms with Crippen LogP contribution in [0, 0.1) is 13.8 Å². The molecule has 0 aromatic carbocycles. The number of aliphatic hydroxyl groups is 1. The average molecular weight is 211 g/mol. The zero-order valence-electron chi connectivity index (χ0n) is 8.65. The molecule has 0 aliphatic rings. The number of ether oxygens (including phenoxy) is 1. The molecular weight excluding hydrogens is 198 g/mol. The lowest BCUT2D eigenvalue weighted by Crippen LogP contribution is -2.10. The lowest BCUT2D eigenvalue weighted by atomic mass is 10.1. The maximum atomic E-state index is 10.9. The van der Waals surface area contributed by atoms with Crippen LogP contribution < -0.4 is 4.74 Å². The van der Waals surface area contributed by atoms with Crippen molar-refractivity contribution in [3.63, 3.8) is 0 Å². The van der Waals surface area contributed by atoms with Crippen molar-refractivity contribution in [2.75, 3.05) is 13.2 Å². The van der Waals surface area contributed by atoms with Gasteiger partial charge in [0.1, 0.15) is 17.9 Å². The van der Waals surface area contributed by atoms with Gasteiger partial charge in [0.15, 0.2) is 0 Å². The Bertz CT molecular complexity index is 376. The van der Waals surface area contributed by atoms with E-state index in [2.05, 4.69) is 4.98 Å². The van der Waals surface area contributed by atoms with Gasteiger partial charge in [-0.3, -0.25) is 4.98 Å². The fraction of sp³-hybridized carbons (Fsp3) is 0.400. The van der Waals surface area contributed by atoms with Crippen molar-refractivity contribution < 1.29 is 19.7 Å². The molecule has 1 heterocycles. The summed E-state index contributed by atoms with van der Waals surface area (Å²) in [5, 5.41) is 17.6. The van der Waals surface area contributed by atoms with Gasteiger partial charge in [-0.2, -0.15) is 0 Å². The maximum absolute atomic E-state index is 10.9. The number of aromatic carboxylic acids is 1. The molecule has 0 radical (unpaired) electrons. The van der Waals surface area contributed by atoms with Crippen LogP contribution in [0.3, 0.4) is 0 Å². The van der Waals surface area contributed by atoms with Gasteiger partial charge in [0.05, 0.1) is 12.3 Å². The Morgan fingerprint density at radius 3 is 2.73 bits per heavy atom. The molecule has 1 aromatic rings. The Morgan fingerprint density at radius 2 is 2.20 bits per heavy atom. The third kappa shape index (κ3) is 2.66. The second-order valence-electron chi connectivity index (χ2n) is 3.10. The first-order valence-corrected chi connectivity index (χ1v) is 4.51. The normalized spacial score (nSPS) is 10.1. The van der Waals surface area contributed by atoms with E-state index in [1.165, 1.54) is 0 Å². The number of aromatic nitrogens is 1. The van der Waals surface area contributed by atoms with Crippen LogP contribution in [0.25, 0.3) is 0 Å². The molecule has 0 aliphatic carbocycles. The molecule has 15 heavy (non-hydrogen) atoms. The van der Waals surface area contributed by atoms with Gasteiger partial charge in [-0.15, -0.1) is 0 Å². The molecule has 0 aliphatic heterocycles. The third-order valence-electron chi connectivity index (χ3n) is 1.85. The van der Waals surface area contributed by atoms with Gasteiger partial charge in [-0.1, -0.05) is 0 Å². The third-order valence-corrected chi connectivity index (χ3v) is 1.85. The first-order valence-electron chi connectivity index (χ1n) is 4.51.